The molecule has 1 N–H and O–H groups in total. The molecule has 0 bridgehead atoms. The second kappa shape index (κ2) is 5.47. The average molecular weight is 260 g/mol. The van der Waals surface area contributed by atoms with Crippen molar-refractivity contribution in [3.8, 4) is 0 Å². The number of aryl methyl sites for hydroxylation is 1. The standard InChI is InChI=1S/C12H16N6O/c1-13-11-6-14-10(5-15-11)12(19)17(2)7-9-4-16-18(3)8-9/h4-6,8H,7H2,1-3H3,(H,13,15). The Morgan fingerprint density at radius 3 is 2.68 bits per heavy atom. The van der Waals surface area contributed by atoms with Crippen molar-refractivity contribution in [2.75, 3.05) is 19.4 Å². The van der Waals surface area contributed by atoms with Gasteiger partial charge in [0, 0.05) is 39.4 Å². The van der Waals surface area contributed by atoms with Crippen molar-refractivity contribution < 1.29 is 4.79 Å². The van der Waals surface area contributed by atoms with E-state index >= 15 is 0 Å². The molecule has 0 unspecified atom stereocenters. The fourth-order valence-corrected chi connectivity index (χ4v) is 1.66. The summed E-state index contributed by atoms with van der Waals surface area (Å²) in [6.45, 7) is 0.488. The molecule has 100 valence electrons. The van der Waals surface area contributed by atoms with E-state index in [0.29, 0.717) is 18.1 Å². The molecule has 0 aromatic carbocycles. The maximum Gasteiger partial charge on any atom is 0.274 e. The van der Waals surface area contributed by atoms with Crippen molar-refractivity contribution in [3.05, 3.63) is 36.0 Å². The van der Waals surface area contributed by atoms with Crippen LogP contribution in [0.3, 0.4) is 0 Å². The number of nitrogens with zero attached hydrogens (tertiary/aromatic N) is 5. The van der Waals surface area contributed by atoms with Gasteiger partial charge in [0.2, 0.25) is 0 Å². The first-order chi connectivity index (χ1) is 9.10. The highest BCUT2D eigenvalue weighted by Gasteiger charge is 2.14. The summed E-state index contributed by atoms with van der Waals surface area (Å²) in [7, 11) is 5.32. The number of carbonyl (C=O) groups is 1. The summed E-state index contributed by atoms with van der Waals surface area (Å²) in [6.07, 6.45) is 6.61. The molecule has 1 amide bonds. The Hall–Kier alpha value is -2.44. The SMILES string of the molecule is CNc1cnc(C(=O)N(C)Cc2cnn(C)c2)cn1. The van der Waals surface area contributed by atoms with Gasteiger partial charge in [-0.25, -0.2) is 9.97 Å². The summed E-state index contributed by atoms with van der Waals surface area (Å²) >= 11 is 0. The molecule has 0 radical (unpaired) electrons. The maximum atomic E-state index is 12.1. The summed E-state index contributed by atoms with van der Waals surface area (Å²) in [6, 6.07) is 0. The lowest BCUT2D eigenvalue weighted by molar-refractivity contribution is 0.0779. The summed E-state index contributed by atoms with van der Waals surface area (Å²) < 4.78 is 1.70. The monoisotopic (exact) mass is 260 g/mol. The van der Waals surface area contributed by atoms with Crippen LogP contribution in [0.4, 0.5) is 5.82 Å². The zero-order chi connectivity index (χ0) is 13.8. The van der Waals surface area contributed by atoms with E-state index in [4.69, 9.17) is 0 Å². The zero-order valence-corrected chi connectivity index (χ0v) is 11.2. The normalized spacial score (nSPS) is 10.3. The van der Waals surface area contributed by atoms with E-state index in [2.05, 4.69) is 20.4 Å². The van der Waals surface area contributed by atoms with E-state index in [1.165, 1.54) is 12.4 Å². The van der Waals surface area contributed by atoms with Crippen LogP contribution in [-0.4, -0.2) is 44.7 Å². The number of amides is 1. The molecule has 0 aliphatic heterocycles. The molecule has 2 rings (SSSR count). The highest BCUT2D eigenvalue weighted by Crippen LogP contribution is 2.06. The minimum Gasteiger partial charge on any atom is -0.372 e. The van der Waals surface area contributed by atoms with Crippen LogP contribution in [0.1, 0.15) is 16.1 Å². The van der Waals surface area contributed by atoms with Gasteiger partial charge in [-0.2, -0.15) is 5.10 Å². The van der Waals surface area contributed by atoms with Crippen LogP contribution in [0.15, 0.2) is 24.8 Å². The van der Waals surface area contributed by atoms with E-state index in [1.54, 1.807) is 29.9 Å². The molecule has 7 nitrogen and oxygen atoms in total. The van der Waals surface area contributed by atoms with Gasteiger partial charge >= 0.3 is 0 Å². The zero-order valence-electron chi connectivity index (χ0n) is 11.2. The van der Waals surface area contributed by atoms with Gasteiger partial charge in [0.05, 0.1) is 18.6 Å². The Bertz CT molecular complexity index is 562. The lowest BCUT2D eigenvalue weighted by Crippen LogP contribution is -2.27. The van der Waals surface area contributed by atoms with Gasteiger partial charge in [-0.1, -0.05) is 0 Å². The maximum absolute atomic E-state index is 12.1. The second-order valence-electron chi connectivity index (χ2n) is 4.22. The van der Waals surface area contributed by atoms with Gasteiger partial charge in [-0.05, 0) is 0 Å². The third-order valence-electron chi connectivity index (χ3n) is 2.65. The van der Waals surface area contributed by atoms with Crippen molar-refractivity contribution in [1.29, 1.82) is 0 Å². The summed E-state index contributed by atoms with van der Waals surface area (Å²) in [5, 5.41) is 6.92. The second-order valence-corrected chi connectivity index (χ2v) is 4.22. The molecule has 19 heavy (non-hydrogen) atoms. The molecule has 0 saturated heterocycles. The Morgan fingerprint density at radius 2 is 2.16 bits per heavy atom. The highest BCUT2D eigenvalue weighted by molar-refractivity contribution is 5.91. The molecule has 2 aromatic heterocycles. The molecule has 0 atom stereocenters. The van der Waals surface area contributed by atoms with Gasteiger partial charge in [-0.15, -0.1) is 0 Å². The quantitative estimate of drug-likeness (QED) is 0.867. The van der Waals surface area contributed by atoms with E-state index < -0.39 is 0 Å². The van der Waals surface area contributed by atoms with Crippen molar-refractivity contribution in [2.45, 2.75) is 6.54 Å². The molecule has 2 heterocycles. The van der Waals surface area contributed by atoms with Gasteiger partial charge < -0.3 is 10.2 Å². The van der Waals surface area contributed by atoms with Crippen LogP contribution in [0.2, 0.25) is 0 Å². The third kappa shape index (κ3) is 3.06. The smallest absolute Gasteiger partial charge is 0.274 e. The number of anilines is 1. The van der Waals surface area contributed by atoms with Gasteiger partial charge in [0.1, 0.15) is 11.5 Å². The molecular formula is C12H16N6O. The van der Waals surface area contributed by atoms with E-state index in [9.17, 15) is 4.79 Å². The topological polar surface area (TPSA) is 75.9 Å². The number of nitrogens with one attached hydrogen (secondary N) is 1. The summed E-state index contributed by atoms with van der Waals surface area (Å²) in [5.41, 5.74) is 1.29. The minimum atomic E-state index is -0.168. The lowest BCUT2D eigenvalue weighted by Gasteiger charge is -2.15. The van der Waals surface area contributed by atoms with Crippen LogP contribution < -0.4 is 5.32 Å². The van der Waals surface area contributed by atoms with E-state index in [-0.39, 0.29) is 5.91 Å². The van der Waals surface area contributed by atoms with Crippen molar-refractivity contribution >= 4 is 11.7 Å². The average Bonchev–Trinajstić information content (AvgIpc) is 2.83. The van der Waals surface area contributed by atoms with Gasteiger partial charge in [0.25, 0.3) is 5.91 Å². The molecule has 0 saturated carbocycles. The van der Waals surface area contributed by atoms with Crippen LogP contribution in [0.5, 0.6) is 0 Å². The first-order valence-corrected chi connectivity index (χ1v) is 5.83. The fraction of sp³-hybridized carbons (Fsp3) is 0.333. The summed E-state index contributed by atoms with van der Waals surface area (Å²) in [4.78, 5) is 21.9. The Kier molecular flexibility index (Phi) is 3.74. The van der Waals surface area contributed by atoms with Crippen LogP contribution in [0, 0.1) is 0 Å². The number of hydrogen-bond donors (Lipinski definition) is 1. The largest absolute Gasteiger partial charge is 0.372 e. The van der Waals surface area contributed by atoms with Crippen molar-refractivity contribution in [1.82, 2.24) is 24.6 Å². The lowest BCUT2D eigenvalue weighted by atomic mass is 10.3. The Labute approximate surface area is 111 Å². The number of aromatic nitrogens is 4. The van der Waals surface area contributed by atoms with Crippen molar-refractivity contribution in [3.63, 3.8) is 0 Å². The first-order valence-electron chi connectivity index (χ1n) is 5.83. The fourth-order valence-electron chi connectivity index (χ4n) is 1.66. The number of hydrogen-bond acceptors (Lipinski definition) is 5. The molecule has 7 heteroatoms. The molecule has 0 fully saturated rings. The predicted octanol–water partition coefficient (Wildman–Crippen LogP) is 0.524. The third-order valence-corrected chi connectivity index (χ3v) is 2.65. The first kappa shape index (κ1) is 13.0. The van der Waals surface area contributed by atoms with Crippen molar-refractivity contribution in [2.24, 2.45) is 7.05 Å². The predicted molar refractivity (Wildman–Crippen MR) is 70.6 cm³/mol. The molecular weight excluding hydrogens is 244 g/mol. The molecule has 0 spiro atoms. The van der Waals surface area contributed by atoms with Crippen LogP contribution in [0.25, 0.3) is 0 Å². The minimum absolute atomic E-state index is 0.168. The van der Waals surface area contributed by atoms with Gasteiger partial charge in [-0.3, -0.25) is 9.48 Å². The molecule has 2 aromatic rings. The number of carbonyl (C=O) groups excluding carboxylic acids is 1. The summed E-state index contributed by atoms with van der Waals surface area (Å²) in [5.74, 6) is 0.463. The van der Waals surface area contributed by atoms with E-state index in [0.717, 1.165) is 5.56 Å². The van der Waals surface area contributed by atoms with Crippen LogP contribution >= 0.6 is 0 Å². The van der Waals surface area contributed by atoms with Gasteiger partial charge in [0.15, 0.2) is 0 Å². The van der Waals surface area contributed by atoms with Crippen LogP contribution in [-0.2, 0) is 13.6 Å². The number of rotatable bonds is 4. The molecule has 0 aliphatic carbocycles. The molecule has 0 aliphatic rings. The Balaban J connectivity index is 2.05. The Morgan fingerprint density at radius 1 is 1.37 bits per heavy atom. The van der Waals surface area contributed by atoms with E-state index in [1.807, 2.05) is 13.2 Å². The highest BCUT2D eigenvalue weighted by atomic mass is 16.2.